The first-order valence-electron chi connectivity index (χ1n) is 6.72. The van der Waals surface area contributed by atoms with E-state index in [0.29, 0.717) is 19.8 Å². The molecule has 0 aliphatic rings. The third-order valence-corrected chi connectivity index (χ3v) is 3.65. The van der Waals surface area contributed by atoms with Crippen molar-refractivity contribution >= 4 is 7.82 Å². The van der Waals surface area contributed by atoms with E-state index in [-0.39, 0.29) is 0 Å². The summed E-state index contributed by atoms with van der Waals surface area (Å²) >= 11 is 0. The van der Waals surface area contributed by atoms with E-state index in [4.69, 9.17) is 13.6 Å². The summed E-state index contributed by atoms with van der Waals surface area (Å²) < 4.78 is 27.8. The fourth-order valence-corrected chi connectivity index (χ4v) is 2.61. The average Bonchev–Trinajstić information content (AvgIpc) is 2.34. The summed E-state index contributed by atoms with van der Waals surface area (Å²) in [4.78, 5) is 0. The van der Waals surface area contributed by atoms with E-state index >= 15 is 0 Å². The van der Waals surface area contributed by atoms with E-state index < -0.39 is 7.82 Å². The molecule has 0 aromatic rings. The van der Waals surface area contributed by atoms with Gasteiger partial charge in [-0.15, -0.1) is 0 Å². The van der Waals surface area contributed by atoms with Crippen LogP contribution in [-0.4, -0.2) is 19.8 Å². The lowest BCUT2D eigenvalue weighted by Gasteiger charge is -2.17. The molecule has 0 rings (SSSR count). The van der Waals surface area contributed by atoms with Gasteiger partial charge in [-0.3, -0.25) is 13.6 Å². The van der Waals surface area contributed by atoms with Crippen LogP contribution in [0.2, 0.25) is 0 Å². The highest BCUT2D eigenvalue weighted by atomic mass is 31.2. The molecule has 0 aromatic carbocycles. The van der Waals surface area contributed by atoms with Gasteiger partial charge in [-0.1, -0.05) is 40.0 Å². The monoisotopic (exact) mass is 266 g/mol. The molecule has 104 valence electrons. The van der Waals surface area contributed by atoms with Gasteiger partial charge in [-0.25, -0.2) is 4.57 Å². The lowest BCUT2D eigenvalue weighted by molar-refractivity contribution is 0.111. The Morgan fingerprint density at radius 1 is 0.706 bits per heavy atom. The zero-order chi connectivity index (χ0) is 13.0. The van der Waals surface area contributed by atoms with Crippen LogP contribution < -0.4 is 0 Å². The van der Waals surface area contributed by atoms with Crippen LogP contribution in [0.25, 0.3) is 0 Å². The Morgan fingerprint density at radius 2 is 1.24 bits per heavy atom. The molecule has 0 heterocycles. The highest BCUT2D eigenvalue weighted by Crippen LogP contribution is 2.49. The van der Waals surface area contributed by atoms with Gasteiger partial charge in [0.25, 0.3) is 0 Å². The van der Waals surface area contributed by atoms with Crippen LogP contribution in [0, 0.1) is 0 Å². The van der Waals surface area contributed by atoms with Crippen molar-refractivity contribution in [3.05, 3.63) is 0 Å². The molecule has 17 heavy (non-hydrogen) atoms. The zero-order valence-corrected chi connectivity index (χ0v) is 12.3. The smallest absolute Gasteiger partial charge is 0.287 e. The first-order chi connectivity index (χ1) is 8.18. The van der Waals surface area contributed by atoms with Gasteiger partial charge in [-0.05, 0) is 19.3 Å². The van der Waals surface area contributed by atoms with Crippen molar-refractivity contribution < 1.29 is 18.1 Å². The molecular formula is C12H27O4P. The maximum absolute atomic E-state index is 12.1. The largest absolute Gasteiger partial charge is 0.474 e. The molecule has 0 bridgehead atoms. The van der Waals surface area contributed by atoms with E-state index in [1.165, 1.54) is 12.8 Å². The van der Waals surface area contributed by atoms with Crippen LogP contribution in [0.3, 0.4) is 0 Å². The maximum Gasteiger partial charge on any atom is 0.474 e. The molecule has 0 aliphatic heterocycles. The first-order valence-corrected chi connectivity index (χ1v) is 8.18. The summed E-state index contributed by atoms with van der Waals surface area (Å²) in [6.45, 7) is 7.36. The number of hydrogen-bond acceptors (Lipinski definition) is 4. The molecule has 0 amide bonds. The Hall–Kier alpha value is 0.110. The van der Waals surface area contributed by atoms with E-state index in [1.807, 2.05) is 13.8 Å². The lowest BCUT2D eigenvalue weighted by Crippen LogP contribution is -2.03. The Morgan fingerprint density at radius 3 is 1.71 bits per heavy atom. The predicted molar refractivity (Wildman–Crippen MR) is 70.2 cm³/mol. The number of hydrogen-bond donors (Lipinski definition) is 0. The number of rotatable bonds is 12. The minimum absolute atomic E-state index is 0.413. The SMILES string of the molecule is CCCCCCOP(=O)(OCCC)OCCC. The quantitative estimate of drug-likeness (QED) is 0.384. The Kier molecular flexibility index (Phi) is 11.3. The zero-order valence-electron chi connectivity index (χ0n) is 11.4. The molecule has 0 atom stereocenters. The molecule has 0 saturated heterocycles. The van der Waals surface area contributed by atoms with Crippen molar-refractivity contribution in [2.45, 2.75) is 59.3 Å². The van der Waals surface area contributed by atoms with Gasteiger partial charge in [0, 0.05) is 0 Å². The fourth-order valence-electron chi connectivity index (χ4n) is 1.22. The first kappa shape index (κ1) is 17.1. The van der Waals surface area contributed by atoms with Crippen LogP contribution in [0.15, 0.2) is 0 Å². The van der Waals surface area contributed by atoms with Gasteiger partial charge in [0.1, 0.15) is 0 Å². The fraction of sp³-hybridized carbons (Fsp3) is 1.00. The summed E-state index contributed by atoms with van der Waals surface area (Å²) in [6, 6.07) is 0. The van der Waals surface area contributed by atoms with Gasteiger partial charge < -0.3 is 0 Å². The van der Waals surface area contributed by atoms with Crippen molar-refractivity contribution in [2.24, 2.45) is 0 Å². The summed E-state index contributed by atoms with van der Waals surface area (Å²) in [6.07, 6.45) is 5.97. The topological polar surface area (TPSA) is 44.8 Å². The molecule has 0 fully saturated rings. The summed E-state index contributed by atoms with van der Waals surface area (Å²) in [5.74, 6) is 0. The van der Waals surface area contributed by atoms with Crippen molar-refractivity contribution in [3.8, 4) is 0 Å². The summed E-state index contributed by atoms with van der Waals surface area (Å²) in [5, 5.41) is 0. The van der Waals surface area contributed by atoms with Crippen molar-refractivity contribution in [1.29, 1.82) is 0 Å². The van der Waals surface area contributed by atoms with Crippen LogP contribution >= 0.6 is 7.82 Å². The van der Waals surface area contributed by atoms with Gasteiger partial charge in [-0.2, -0.15) is 0 Å². The standard InChI is InChI=1S/C12H27O4P/c1-4-7-8-9-12-16-17(13,14-10-5-2)15-11-6-3/h4-12H2,1-3H3. The number of phosphoric ester groups is 1. The molecule has 0 aliphatic carbocycles. The summed E-state index contributed by atoms with van der Waals surface area (Å²) in [5.41, 5.74) is 0. The van der Waals surface area contributed by atoms with Crippen molar-refractivity contribution in [3.63, 3.8) is 0 Å². The number of unbranched alkanes of at least 4 members (excludes halogenated alkanes) is 3. The van der Waals surface area contributed by atoms with E-state index in [1.54, 1.807) is 0 Å². The minimum Gasteiger partial charge on any atom is -0.287 e. The molecule has 4 nitrogen and oxygen atoms in total. The van der Waals surface area contributed by atoms with Crippen molar-refractivity contribution in [1.82, 2.24) is 0 Å². The molecule has 0 aromatic heterocycles. The molecule has 0 N–H and O–H groups in total. The second kappa shape index (κ2) is 11.2. The molecule has 5 heteroatoms. The molecule has 0 spiro atoms. The van der Waals surface area contributed by atoms with Crippen LogP contribution in [0.4, 0.5) is 0 Å². The maximum atomic E-state index is 12.1. The molecule has 0 unspecified atom stereocenters. The van der Waals surface area contributed by atoms with Crippen LogP contribution in [0.5, 0.6) is 0 Å². The Balaban J connectivity index is 3.87. The second-order valence-electron chi connectivity index (χ2n) is 4.01. The van der Waals surface area contributed by atoms with E-state index in [9.17, 15) is 4.57 Å². The van der Waals surface area contributed by atoms with Crippen LogP contribution in [0.1, 0.15) is 59.3 Å². The normalized spacial score (nSPS) is 11.9. The van der Waals surface area contributed by atoms with Gasteiger partial charge >= 0.3 is 7.82 Å². The molecule has 0 saturated carbocycles. The second-order valence-corrected chi connectivity index (χ2v) is 5.68. The van der Waals surface area contributed by atoms with E-state index in [0.717, 1.165) is 25.7 Å². The predicted octanol–water partition coefficient (Wildman–Crippen LogP) is 4.54. The van der Waals surface area contributed by atoms with Gasteiger partial charge in [0.15, 0.2) is 0 Å². The molecule has 0 radical (unpaired) electrons. The highest BCUT2D eigenvalue weighted by Gasteiger charge is 2.25. The third kappa shape index (κ3) is 9.78. The van der Waals surface area contributed by atoms with E-state index in [2.05, 4.69) is 6.92 Å². The van der Waals surface area contributed by atoms with Crippen molar-refractivity contribution in [2.75, 3.05) is 19.8 Å². The average molecular weight is 266 g/mol. The summed E-state index contributed by atoms with van der Waals surface area (Å²) in [7, 11) is -3.30. The molecular weight excluding hydrogens is 239 g/mol. The van der Waals surface area contributed by atoms with Gasteiger partial charge in [0.05, 0.1) is 19.8 Å². The minimum atomic E-state index is -3.30. The van der Waals surface area contributed by atoms with Gasteiger partial charge in [0.2, 0.25) is 0 Å². The lowest BCUT2D eigenvalue weighted by atomic mass is 10.2. The number of phosphoric acid groups is 1. The third-order valence-electron chi connectivity index (χ3n) is 2.15. The highest BCUT2D eigenvalue weighted by molar-refractivity contribution is 7.48. The Bertz CT molecular complexity index is 197. The van der Waals surface area contributed by atoms with Crippen LogP contribution in [-0.2, 0) is 18.1 Å². The Labute approximate surface area is 106 Å².